The summed E-state index contributed by atoms with van der Waals surface area (Å²) in [6, 6.07) is 0. The molecule has 0 atom stereocenters. The monoisotopic (exact) mass is 267 g/mol. The lowest BCUT2D eigenvalue weighted by atomic mass is 10.2. The van der Waals surface area contributed by atoms with E-state index in [9.17, 15) is 0 Å². The summed E-state index contributed by atoms with van der Waals surface area (Å²) in [7, 11) is 0. The molecule has 4 heteroatoms. The number of halogens is 1. The second kappa shape index (κ2) is 5.87. The summed E-state index contributed by atoms with van der Waals surface area (Å²) in [6.45, 7) is 8.48. The van der Waals surface area contributed by atoms with Gasteiger partial charge in [-0.15, -0.1) is 0 Å². The molecule has 0 aromatic carbocycles. The highest BCUT2D eigenvalue weighted by molar-refractivity contribution is 6.30. The number of hydrogen-bond acceptors (Lipinski definition) is 3. The molecular formula is C14H22ClN3. The van der Waals surface area contributed by atoms with Crippen molar-refractivity contribution in [2.75, 3.05) is 18.0 Å². The maximum atomic E-state index is 6.26. The minimum Gasteiger partial charge on any atom is -0.356 e. The van der Waals surface area contributed by atoms with Gasteiger partial charge in [0, 0.05) is 24.6 Å². The summed E-state index contributed by atoms with van der Waals surface area (Å²) in [4.78, 5) is 11.5. The van der Waals surface area contributed by atoms with Gasteiger partial charge in [0.25, 0.3) is 0 Å². The van der Waals surface area contributed by atoms with Crippen molar-refractivity contribution in [3.05, 3.63) is 16.5 Å². The van der Waals surface area contributed by atoms with Crippen LogP contribution in [0, 0.1) is 6.92 Å². The highest BCUT2D eigenvalue weighted by Crippen LogP contribution is 2.39. The van der Waals surface area contributed by atoms with Crippen molar-refractivity contribution in [1.82, 2.24) is 9.97 Å². The molecule has 1 aromatic heterocycles. The lowest BCUT2D eigenvalue weighted by Crippen LogP contribution is -2.27. The molecule has 2 rings (SSSR count). The quantitative estimate of drug-likeness (QED) is 0.731. The molecule has 0 unspecified atom stereocenters. The van der Waals surface area contributed by atoms with E-state index in [0.29, 0.717) is 11.1 Å². The Kier molecular flexibility index (Phi) is 4.44. The molecule has 0 radical (unpaired) electrons. The zero-order valence-corrected chi connectivity index (χ0v) is 12.3. The number of nitrogens with zero attached hydrogens (tertiary/aromatic N) is 3. The van der Waals surface area contributed by atoms with Gasteiger partial charge in [-0.05, 0) is 32.6 Å². The predicted octanol–water partition coefficient (Wildman–Crippen LogP) is 3.94. The average molecular weight is 268 g/mol. The van der Waals surface area contributed by atoms with Crippen LogP contribution in [0.1, 0.15) is 56.8 Å². The van der Waals surface area contributed by atoms with Crippen molar-refractivity contribution in [2.24, 2.45) is 0 Å². The topological polar surface area (TPSA) is 29.0 Å². The molecule has 1 aliphatic rings. The van der Waals surface area contributed by atoms with Gasteiger partial charge in [0.15, 0.2) is 0 Å². The summed E-state index contributed by atoms with van der Waals surface area (Å²) in [5, 5.41) is 0.624. The van der Waals surface area contributed by atoms with Crippen molar-refractivity contribution in [3.8, 4) is 0 Å². The fourth-order valence-corrected chi connectivity index (χ4v) is 2.36. The molecular weight excluding hydrogens is 246 g/mol. The maximum Gasteiger partial charge on any atom is 0.137 e. The zero-order chi connectivity index (χ0) is 13.1. The third kappa shape index (κ3) is 2.94. The van der Waals surface area contributed by atoms with E-state index in [2.05, 4.69) is 23.7 Å². The molecule has 1 fully saturated rings. The Hall–Kier alpha value is -0.830. The molecule has 0 N–H and O–H groups in total. The van der Waals surface area contributed by atoms with E-state index >= 15 is 0 Å². The van der Waals surface area contributed by atoms with Crippen LogP contribution < -0.4 is 4.90 Å². The Morgan fingerprint density at radius 3 is 2.28 bits per heavy atom. The van der Waals surface area contributed by atoms with Crippen LogP contribution in [0.3, 0.4) is 0 Å². The molecule has 0 amide bonds. The van der Waals surface area contributed by atoms with Crippen LogP contribution in [0.4, 0.5) is 5.82 Å². The van der Waals surface area contributed by atoms with Gasteiger partial charge in [-0.3, -0.25) is 0 Å². The summed E-state index contributed by atoms with van der Waals surface area (Å²) < 4.78 is 0. The smallest absolute Gasteiger partial charge is 0.137 e. The summed E-state index contributed by atoms with van der Waals surface area (Å²) in [5.41, 5.74) is 1.02. The van der Waals surface area contributed by atoms with Gasteiger partial charge in [-0.25, -0.2) is 9.97 Å². The van der Waals surface area contributed by atoms with Crippen molar-refractivity contribution in [1.29, 1.82) is 0 Å². The van der Waals surface area contributed by atoms with E-state index in [1.807, 2.05) is 6.92 Å². The Bertz CT molecular complexity index is 410. The first-order valence-electron chi connectivity index (χ1n) is 6.96. The van der Waals surface area contributed by atoms with Crippen molar-refractivity contribution >= 4 is 17.4 Å². The zero-order valence-electron chi connectivity index (χ0n) is 11.5. The van der Waals surface area contributed by atoms with Crippen molar-refractivity contribution in [2.45, 2.75) is 52.4 Å². The van der Waals surface area contributed by atoms with Crippen molar-refractivity contribution in [3.63, 3.8) is 0 Å². The Morgan fingerprint density at radius 2 is 1.78 bits per heavy atom. The van der Waals surface area contributed by atoms with E-state index in [1.54, 1.807) is 0 Å². The van der Waals surface area contributed by atoms with Gasteiger partial charge in [0.1, 0.15) is 16.8 Å². The molecule has 1 aliphatic carbocycles. The molecule has 0 bridgehead atoms. The lowest BCUT2D eigenvalue weighted by molar-refractivity contribution is 0.723. The van der Waals surface area contributed by atoms with Gasteiger partial charge in [-0.2, -0.15) is 0 Å². The molecule has 1 saturated carbocycles. The van der Waals surface area contributed by atoms with Crippen LogP contribution in [0.15, 0.2) is 0 Å². The standard InChI is InChI=1S/C14H22ClN3/c1-4-8-18(9-5-2)14-10(3)12(15)16-13(17-14)11-6-7-11/h11H,4-9H2,1-3H3. The number of hydrogen-bond donors (Lipinski definition) is 0. The molecule has 3 nitrogen and oxygen atoms in total. The van der Waals surface area contributed by atoms with E-state index in [1.165, 1.54) is 12.8 Å². The van der Waals surface area contributed by atoms with Crippen LogP contribution in [0.2, 0.25) is 5.15 Å². The molecule has 18 heavy (non-hydrogen) atoms. The minimum atomic E-state index is 0.548. The second-order valence-corrected chi connectivity index (χ2v) is 5.44. The fourth-order valence-electron chi connectivity index (χ4n) is 2.19. The first kappa shape index (κ1) is 13.6. The van der Waals surface area contributed by atoms with E-state index in [4.69, 9.17) is 16.6 Å². The first-order valence-corrected chi connectivity index (χ1v) is 7.34. The number of rotatable bonds is 6. The fraction of sp³-hybridized carbons (Fsp3) is 0.714. The highest BCUT2D eigenvalue weighted by Gasteiger charge is 2.28. The van der Waals surface area contributed by atoms with Crippen LogP contribution >= 0.6 is 11.6 Å². The summed E-state index contributed by atoms with van der Waals surface area (Å²) >= 11 is 6.26. The third-order valence-electron chi connectivity index (χ3n) is 3.31. The Labute approximate surface area is 115 Å². The Balaban J connectivity index is 2.33. The van der Waals surface area contributed by atoms with E-state index in [-0.39, 0.29) is 0 Å². The molecule has 1 heterocycles. The second-order valence-electron chi connectivity index (χ2n) is 5.08. The molecule has 1 aromatic rings. The van der Waals surface area contributed by atoms with Crippen LogP contribution in [0.5, 0.6) is 0 Å². The molecule has 100 valence electrons. The number of aromatic nitrogens is 2. The lowest BCUT2D eigenvalue weighted by Gasteiger charge is -2.25. The van der Waals surface area contributed by atoms with Crippen LogP contribution in [-0.4, -0.2) is 23.1 Å². The highest BCUT2D eigenvalue weighted by atomic mass is 35.5. The van der Waals surface area contributed by atoms with Gasteiger partial charge < -0.3 is 4.90 Å². The normalized spacial score (nSPS) is 14.9. The van der Waals surface area contributed by atoms with Crippen molar-refractivity contribution < 1.29 is 0 Å². The van der Waals surface area contributed by atoms with Crippen LogP contribution in [0.25, 0.3) is 0 Å². The SMILES string of the molecule is CCCN(CCC)c1nc(C2CC2)nc(Cl)c1C. The largest absolute Gasteiger partial charge is 0.356 e. The van der Waals surface area contributed by atoms with Gasteiger partial charge in [0.05, 0.1) is 0 Å². The molecule has 0 spiro atoms. The Morgan fingerprint density at radius 1 is 1.17 bits per heavy atom. The van der Waals surface area contributed by atoms with E-state index in [0.717, 1.165) is 43.1 Å². The van der Waals surface area contributed by atoms with Crippen LogP contribution in [-0.2, 0) is 0 Å². The van der Waals surface area contributed by atoms with E-state index < -0.39 is 0 Å². The summed E-state index contributed by atoms with van der Waals surface area (Å²) in [6.07, 6.45) is 4.67. The van der Waals surface area contributed by atoms with Gasteiger partial charge in [0.2, 0.25) is 0 Å². The number of anilines is 1. The third-order valence-corrected chi connectivity index (χ3v) is 3.68. The van der Waals surface area contributed by atoms with Gasteiger partial charge >= 0.3 is 0 Å². The predicted molar refractivity (Wildman–Crippen MR) is 76.5 cm³/mol. The maximum absolute atomic E-state index is 6.26. The molecule has 0 saturated heterocycles. The average Bonchev–Trinajstić information content (AvgIpc) is 3.16. The van der Waals surface area contributed by atoms with Gasteiger partial charge in [-0.1, -0.05) is 25.4 Å². The molecule has 0 aliphatic heterocycles. The minimum absolute atomic E-state index is 0.548. The first-order chi connectivity index (χ1) is 8.67. The summed E-state index contributed by atoms with van der Waals surface area (Å²) in [5.74, 6) is 2.53.